The number of hydrogen-bond acceptors (Lipinski definition) is 7. The molecule has 0 spiro atoms. The van der Waals surface area contributed by atoms with Gasteiger partial charge in [0, 0.05) is 12.3 Å². The fraction of sp³-hybridized carbons (Fsp3) is 0.722. The van der Waals surface area contributed by atoms with Crippen LogP contribution in [0.25, 0.3) is 0 Å². The number of aliphatic hydroxyl groups is 2. The number of alkyl halides is 1. The van der Waals surface area contributed by atoms with Crippen molar-refractivity contribution in [1.29, 1.82) is 0 Å². The number of nitrogens with one attached hydrogen (secondary N) is 1. The van der Waals surface area contributed by atoms with E-state index in [1.54, 1.807) is 20.8 Å². The molecule has 2 atom stereocenters. The minimum absolute atomic E-state index is 0. The molecule has 164 valence electrons. The first-order valence-electron chi connectivity index (χ1n) is 8.28. The van der Waals surface area contributed by atoms with Crippen LogP contribution >= 0.6 is 0 Å². The van der Waals surface area contributed by atoms with Crippen LogP contribution in [0.3, 0.4) is 0 Å². The molecule has 0 saturated carbocycles. The van der Waals surface area contributed by atoms with Gasteiger partial charge in [0.05, 0.1) is 7.18 Å². The number of carbonyl (C=O) groups excluding carboxylic acids is 1. The molecule has 2 unspecified atom stereocenters. The second kappa shape index (κ2) is 11.7. The Hall–Kier alpha value is -2.04. The van der Waals surface area contributed by atoms with Crippen molar-refractivity contribution in [2.24, 2.45) is 0 Å². The van der Waals surface area contributed by atoms with E-state index in [2.05, 4.69) is 4.98 Å². The molecule has 1 fully saturated rings. The Kier molecular flexibility index (Phi) is 11.8. The van der Waals surface area contributed by atoms with E-state index >= 15 is 0 Å². The predicted octanol–water partition coefficient (Wildman–Crippen LogP) is 1.48. The summed E-state index contributed by atoms with van der Waals surface area (Å²) in [5.41, 5.74) is -1.59. The van der Waals surface area contributed by atoms with E-state index in [1.807, 2.05) is 0 Å². The third-order valence-corrected chi connectivity index (χ3v) is 2.83. The van der Waals surface area contributed by atoms with Crippen LogP contribution in [0.1, 0.15) is 61.1 Å². The zero-order valence-corrected chi connectivity index (χ0v) is 16.5. The van der Waals surface area contributed by atoms with Gasteiger partial charge < -0.3 is 19.7 Å². The van der Waals surface area contributed by atoms with Crippen molar-refractivity contribution < 1.29 is 28.9 Å². The average Bonchev–Trinajstić information content (AvgIpc) is 2.95. The van der Waals surface area contributed by atoms with Gasteiger partial charge in [0.2, 0.25) is 0 Å². The van der Waals surface area contributed by atoms with Crippen molar-refractivity contribution in [3.8, 4) is 0 Å². The molecule has 1 aliphatic heterocycles. The van der Waals surface area contributed by atoms with Crippen LogP contribution in [0.15, 0.2) is 21.9 Å². The lowest BCUT2D eigenvalue weighted by atomic mass is 10.2. The Morgan fingerprint density at radius 1 is 1.21 bits per heavy atom. The molecular formula is C18H33FN2O7. The first-order valence-corrected chi connectivity index (χ1v) is 8.28. The number of carbonyl (C=O) groups is 1. The Bertz CT molecular complexity index is 695. The maximum atomic E-state index is 11.9. The molecule has 2 heterocycles. The van der Waals surface area contributed by atoms with Gasteiger partial charge in [-0.3, -0.25) is 18.7 Å². The van der Waals surface area contributed by atoms with Crippen LogP contribution in [0.5, 0.6) is 0 Å². The summed E-state index contributed by atoms with van der Waals surface area (Å²) in [6.45, 7) is 7.94. The second-order valence-corrected chi connectivity index (χ2v) is 7.20. The van der Waals surface area contributed by atoms with Crippen molar-refractivity contribution in [3.63, 3.8) is 0 Å². The quantitative estimate of drug-likeness (QED) is 0.499. The Morgan fingerprint density at radius 3 is 2.14 bits per heavy atom. The summed E-state index contributed by atoms with van der Waals surface area (Å²) in [5, 5.41) is 16.2. The lowest BCUT2D eigenvalue weighted by Gasteiger charge is -2.22. The van der Waals surface area contributed by atoms with Crippen molar-refractivity contribution in [2.45, 2.75) is 78.6 Å². The highest BCUT2D eigenvalue weighted by atomic mass is 19.1. The lowest BCUT2D eigenvalue weighted by Crippen LogP contribution is -2.34. The molecule has 0 amide bonds. The van der Waals surface area contributed by atoms with Crippen LogP contribution in [0.4, 0.5) is 4.39 Å². The van der Waals surface area contributed by atoms with Crippen LogP contribution < -0.4 is 11.2 Å². The second-order valence-electron chi connectivity index (χ2n) is 7.20. The minimum atomic E-state index is -1.50. The third kappa shape index (κ3) is 11.6. The van der Waals surface area contributed by atoms with Gasteiger partial charge in [-0.1, -0.05) is 7.43 Å². The van der Waals surface area contributed by atoms with Gasteiger partial charge in [-0.25, -0.2) is 9.59 Å². The summed E-state index contributed by atoms with van der Waals surface area (Å²) in [6, 6.07) is 1.24. The van der Waals surface area contributed by atoms with Gasteiger partial charge in [-0.2, -0.15) is 0 Å². The molecule has 1 aromatic heterocycles. The topological polar surface area (TPSA) is 131 Å². The van der Waals surface area contributed by atoms with Gasteiger partial charge >= 0.3 is 11.7 Å². The van der Waals surface area contributed by atoms with Crippen LogP contribution in [0.2, 0.25) is 0 Å². The van der Waals surface area contributed by atoms with Gasteiger partial charge in [0.25, 0.3) is 5.56 Å². The van der Waals surface area contributed by atoms with Crippen molar-refractivity contribution in [3.05, 3.63) is 33.1 Å². The summed E-state index contributed by atoms with van der Waals surface area (Å²) >= 11 is 0. The number of halogens is 1. The van der Waals surface area contributed by atoms with Crippen LogP contribution in [-0.2, 0) is 14.3 Å². The fourth-order valence-corrected chi connectivity index (χ4v) is 2.02. The molecule has 1 aliphatic rings. The zero-order valence-electron chi connectivity index (χ0n) is 16.5. The molecule has 28 heavy (non-hydrogen) atoms. The number of esters is 1. The number of hydrogen-bond donors (Lipinski definition) is 3. The van der Waals surface area contributed by atoms with E-state index in [4.69, 9.17) is 19.7 Å². The van der Waals surface area contributed by atoms with Gasteiger partial charge in [-0.05, 0) is 47.5 Å². The van der Waals surface area contributed by atoms with E-state index in [9.17, 15) is 18.8 Å². The number of H-pyrrole nitrogens is 1. The first kappa shape index (κ1) is 28.2. The van der Waals surface area contributed by atoms with Gasteiger partial charge in [0.1, 0.15) is 11.8 Å². The summed E-state index contributed by atoms with van der Waals surface area (Å²) < 4.78 is 21.6. The van der Waals surface area contributed by atoms with Crippen molar-refractivity contribution in [1.82, 2.24) is 9.55 Å². The summed E-state index contributed by atoms with van der Waals surface area (Å²) in [6.07, 6.45) is 1.11. The smallest absolute Gasteiger partial charge is 0.335 e. The monoisotopic (exact) mass is 408 g/mol. The fourth-order valence-electron chi connectivity index (χ4n) is 2.02. The van der Waals surface area contributed by atoms with Crippen LogP contribution in [0, 0.1) is 0 Å². The van der Waals surface area contributed by atoms with E-state index in [-0.39, 0.29) is 7.43 Å². The highest BCUT2D eigenvalue weighted by molar-refractivity contribution is 5.75. The number of aromatic nitrogens is 2. The van der Waals surface area contributed by atoms with E-state index in [0.717, 1.165) is 0 Å². The highest BCUT2D eigenvalue weighted by Crippen LogP contribution is 2.28. The Morgan fingerprint density at radius 2 is 1.71 bits per heavy atom. The molecule has 9 nitrogen and oxygen atoms in total. The molecule has 0 bridgehead atoms. The maximum Gasteiger partial charge on any atom is 0.335 e. The lowest BCUT2D eigenvalue weighted by molar-refractivity contribution is -0.169. The van der Waals surface area contributed by atoms with Gasteiger partial charge in [-0.15, -0.1) is 0 Å². The van der Waals surface area contributed by atoms with E-state index < -0.39 is 40.9 Å². The minimum Gasteiger partial charge on any atom is -0.458 e. The SMILES string of the molecule is C.CC(C)(C)OC(=O)C1CCC(n2ccc(=O)[nH]c2=O)O1.CC(C)(O)O.CF. The number of ether oxygens (including phenoxy) is 2. The zero-order chi connectivity index (χ0) is 21.4. The molecule has 0 radical (unpaired) electrons. The Balaban J connectivity index is 0. The molecule has 1 aromatic rings. The number of nitrogens with zero attached hydrogens (tertiary/aromatic N) is 1. The normalized spacial score (nSPS) is 18.6. The van der Waals surface area contributed by atoms with E-state index in [1.165, 1.54) is 30.7 Å². The number of aromatic amines is 1. The summed E-state index contributed by atoms with van der Waals surface area (Å²) in [7, 11) is 0.500. The average molecular weight is 408 g/mol. The number of rotatable bonds is 2. The molecule has 2 rings (SSSR count). The summed E-state index contributed by atoms with van der Waals surface area (Å²) in [5.74, 6) is -1.93. The summed E-state index contributed by atoms with van der Waals surface area (Å²) in [4.78, 5) is 36.7. The highest BCUT2D eigenvalue weighted by Gasteiger charge is 2.35. The van der Waals surface area contributed by atoms with Gasteiger partial charge in [0.15, 0.2) is 11.9 Å². The molecule has 3 N–H and O–H groups in total. The van der Waals surface area contributed by atoms with Crippen molar-refractivity contribution in [2.75, 3.05) is 7.18 Å². The molecule has 10 heteroatoms. The van der Waals surface area contributed by atoms with Crippen molar-refractivity contribution >= 4 is 5.97 Å². The first-order chi connectivity index (χ1) is 12.3. The Labute approximate surface area is 164 Å². The maximum absolute atomic E-state index is 11.9. The molecule has 1 saturated heterocycles. The largest absolute Gasteiger partial charge is 0.458 e. The molecule has 0 aromatic carbocycles. The van der Waals surface area contributed by atoms with E-state index in [0.29, 0.717) is 20.0 Å². The predicted molar refractivity (Wildman–Crippen MR) is 103 cm³/mol. The van der Waals surface area contributed by atoms with Crippen LogP contribution in [-0.4, -0.2) is 50.4 Å². The standard InChI is InChI=1S/C13H18N2O5.C3H8O2.CH3F.CH4/c1-13(2,3)20-11(17)8-4-5-10(19-8)15-7-6-9(16)14-12(15)18;1-3(2,4)5;1-2;/h6-8,10H,4-5H2,1-3H3,(H,14,16,18);4-5H,1-2H3;1H3;1H4. The molecular weight excluding hydrogens is 375 g/mol. The molecule has 0 aliphatic carbocycles. The third-order valence-electron chi connectivity index (χ3n) is 2.83.